The molecule has 0 spiro atoms. The highest BCUT2D eigenvalue weighted by atomic mass is 32.2. The highest BCUT2D eigenvalue weighted by Gasteiger charge is 2.32. The lowest BCUT2D eigenvalue weighted by Gasteiger charge is -2.15. The van der Waals surface area contributed by atoms with Crippen LogP contribution >= 0.6 is 12.2 Å². The molecule has 10 heteroatoms. The summed E-state index contributed by atoms with van der Waals surface area (Å²) in [6, 6.07) is 2.03. The molecule has 4 N–H and O–H groups in total. The third-order valence-corrected chi connectivity index (χ3v) is 5.20. The van der Waals surface area contributed by atoms with E-state index in [0.29, 0.717) is 16.8 Å². The molecule has 0 aliphatic heterocycles. The zero-order valence-electron chi connectivity index (χ0n) is 13.8. The Labute approximate surface area is 150 Å². The Bertz CT molecular complexity index is 851. The third-order valence-electron chi connectivity index (χ3n) is 3.63. The second-order valence-corrected chi connectivity index (χ2v) is 7.55. The monoisotopic (exact) mass is 390 g/mol. The van der Waals surface area contributed by atoms with E-state index in [1.807, 2.05) is 0 Å². The predicted octanol–water partition coefficient (Wildman–Crippen LogP) is 2.85. The van der Waals surface area contributed by atoms with Crippen LogP contribution in [0.5, 0.6) is 0 Å². The first kappa shape index (κ1) is 19.4. The number of aryl methyl sites for hydroxylation is 2. The lowest BCUT2D eigenvalue weighted by molar-refractivity contribution is -0.137. The smallest absolute Gasteiger partial charge is 0.388 e. The van der Waals surface area contributed by atoms with E-state index >= 15 is 0 Å². The molecule has 0 fully saturated rings. The van der Waals surface area contributed by atoms with Gasteiger partial charge in [-0.05, 0) is 37.1 Å². The van der Waals surface area contributed by atoms with Crippen molar-refractivity contribution in [2.75, 3.05) is 11.5 Å². The summed E-state index contributed by atoms with van der Waals surface area (Å²) in [5.74, 6) is 0.324. The van der Waals surface area contributed by atoms with Gasteiger partial charge >= 0.3 is 6.18 Å². The normalized spacial score (nSPS) is 13.0. The summed E-state index contributed by atoms with van der Waals surface area (Å²) in [6.45, 7) is 4.75. The van der Waals surface area contributed by atoms with Gasteiger partial charge in [-0.1, -0.05) is 19.1 Å². The van der Waals surface area contributed by atoms with Crippen LogP contribution < -0.4 is 11.5 Å². The number of thiocarbonyl (C=S) groups is 1. The number of nitrogens with zero attached hydrogens (tertiary/aromatic N) is 2. The van der Waals surface area contributed by atoms with Gasteiger partial charge in [0.05, 0.1) is 22.1 Å². The highest BCUT2D eigenvalue weighted by molar-refractivity contribution is 7.85. The Morgan fingerprint density at radius 3 is 2.24 bits per heavy atom. The van der Waals surface area contributed by atoms with Gasteiger partial charge in [0.15, 0.2) is 0 Å². The van der Waals surface area contributed by atoms with E-state index in [9.17, 15) is 17.4 Å². The van der Waals surface area contributed by atoms with Gasteiger partial charge in [0.2, 0.25) is 0 Å². The standard InChI is InChI=1S/C15H17F3N4OS2/c1-4-25(23)12-10(14(20)24)21-22(13(12)19)11-7(2)5-9(6-8(11)3)15(16,17)18/h5-6H,4,19H2,1-3H3,(H2,20,24). The first-order valence-corrected chi connectivity index (χ1v) is 8.97. The van der Waals surface area contributed by atoms with Crippen LogP contribution in [0.1, 0.15) is 29.3 Å². The maximum absolute atomic E-state index is 13.0. The third kappa shape index (κ3) is 3.54. The van der Waals surface area contributed by atoms with Crippen LogP contribution in [0.15, 0.2) is 17.0 Å². The van der Waals surface area contributed by atoms with Gasteiger partial charge < -0.3 is 11.5 Å². The second-order valence-electron chi connectivity index (χ2n) is 5.43. The summed E-state index contributed by atoms with van der Waals surface area (Å²) in [7, 11) is -1.47. The molecule has 1 unspecified atom stereocenters. The van der Waals surface area contributed by atoms with Gasteiger partial charge in [-0.2, -0.15) is 18.3 Å². The average molecular weight is 390 g/mol. The number of hydrogen-bond acceptors (Lipinski definition) is 4. The molecule has 0 bridgehead atoms. The molecular formula is C15H17F3N4OS2. The van der Waals surface area contributed by atoms with Crippen LogP contribution in [-0.4, -0.2) is 24.7 Å². The van der Waals surface area contributed by atoms with Crippen molar-refractivity contribution in [2.24, 2.45) is 5.73 Å². The molecule has 1 aromatic carbocycles. The average Bonchev–Trinajstić information content (AvgIpc) is 2.83. The van der Waals surface area contributed by atoms with Crippen LogP contribution in [0, 0.1) is 13.8 Å². The molecule has 136 valence electrons. The molecule has 2 rings (SSSR count). The first-order valence-electron chi connectivity index (χ1n) is 7.24. The highest BCUT2D eigenvalue weighted by Crippen LogP contribution is 2.34. The minimum atomic E-state index is -4.46. The van der Waals surface area contributed by atoms with Crippen LogP contribution in [0.2, 0.25) is 0 Å². The van der Waals surface area contributed by atoms with Crippen molar-refractivity contribution in [1.29, 1.82) is 0 Å². The summed E-state index contributed by atoms with van der Waals surface area (Å²) in [6.07, 6.45) is -4.46. The number of benzene rings is 1. The summed E-state index contributed by atoms with van der Waals surface area (Å²) < 4.78 is 52.4. The van der Waals surface area contributed by atoms with Crippen molar-refractivity contribution in [3.63, 3.8) is 0 Å². The van der Waals surface area contributed by atoms with Crippen molar-refractivity contribution in [3.05, 3.63) is 34.5 Å². The minimum absolute atomic E-state index is 0.0499. The largest absolute Gasteiger partial charge is 0.416 e. The maximum Gasteiger partial charge on any atom is 0.416 e. The first-order chi connectivity index (χ1) is 11.5. The fourth-order valence-corrected chi connectivity index (χ4v) is 3.75. The minimum Gasteiger partial charge on any atom is -0.388 e. The SMILES string of the molecule is CCS(=O)c1c(C(N)=S)nn(-c2c(C)cc(C(F)(F)F)cc2C)c1N. The molecule has 0 saturated heterocycles. The van der Waals surface area contributed by atoms with Crippen molar-refractivity contribution >= 4 is 33.8 Å². The van der Waals surface area contributed by atoms with Gasteiger partial charge in [-0.15, -0.1) is 0 Å². The number of nitrogens with two attached hydrogens (primary N) is 2. The van der Waals surface area contributed by atoms with Gasteiger partial charge in [0, 0.05) is 5.75 Å². The van der Waals surface area contributed by atoms with Crippen molar-refractivity contribution < 1.29 is 17.4 Å². The fourth-order valence-electron chi connectivity index (χ4n) is 2.57. The molecule has 1 aromatic heterocycles. The van der Waals surface area contributed by atoms with Crippen LogP contribution in [0.4, 0.5) is 19.0 Å². The predicted molar refractivity (Wildman–Crippen MR) is 95.3 cm³/mol. The maximum atomic E-state index is 13.0. The molecule has 25 heavy (non-hydrogen) atoms. The molecule has 2 aromatic rings. The molecule has 0 amide bonds. The summed E-state index contributed by atoms with van der Waals surface area (Å²) in [5.41, 5.74) is 12.1. The van der Waals surface area contributed by atoms with Gasteiger partial charge in [0.25, 0.3) is 0 Å². The Balaban J connectivity index is 2.76. The Hall–Kier alpha value is -1.94. The number of hydrogen-bond donors (Lipinski definition) is 2. The topological polar surface area (TPSA) is 86.9 Å². The molecule has 0 radical (unpaired) electrons. The van der Waals surface area contributed by atoms with E-state index in [-0.39, 0.29) is 27.1 Å². The van der Waals surface area contributed by atoms with Crippen molar-refractivity contribution in [2.45, 2.75) is 31.8 Å². The van der Waals surface area contributed by atoms with Gasteiger partial charge in [-0.3, -0.25) is 4.21 Å². The van der Waals surface area contributed by atoms with E-state index in [1.165, 1.54) is 18.5 Å². The van der Waals surface area contributed by atoms with Crippen LogP contribution in [0.3, 0.4) is 0 Å². The van der Waals surface area contributed by atoms with Crippen LogP contribution in [0.25, 0.3) is 5.69 Å². The summed E-state index contributed by atoms with van der Waals surface area (Å²) in [4.78, 5) is 0.123. The van der Waals surface area contributed by atoms with Gasteiger partial charge in [0.1, 0.15) is 21.4 Å². The molecule has 0 saturated carbocycles. The molecule has 0 aliphatic carbocycles. The van der Waals surface area contributed by atoms with Crippen LogP contribution in [-0.2, 0) is 17.0 Å². The zero-order valence-corrected chi connectivity index (χ0v) is 15.4. The molecule has 5 nitrogen and oxygen atoms in total. The van der Waals surface area contributed by atoms with E-state index in [4.69, 9.17) is 23.7 Å². The van der Waals surface area contributed by atoms with Crippen molar-refractivity contribution in [1.82, 2.24) is 9.78 Å². The quantitative estimate of drug-likeness (QED) is 0.784. The molecule has 1 atom stereocenters. The Morgan fingerprint density at radius 1 is 1.32 bits per heavy atom. The number of rotatable bonds is 4. The summed E-state index contributed by atoms with van der Waals surface area (Å²) in [5, 5.41) is 4.21. The summed E-state index contributed by atoms with van der Waals surface area (Å²) >= 11 is 4.94. The Kier molecular flexibility index (Phi) is 5.24. The van der Waals surface area contributed by atoms with Crippen molar-refractivity contribution in [3.8, 4) is 5.69 Å². The fraction of sp³-hybridized carbons (Fsp3) is 0.333. The number of halogens is 3. The van der Waals surface area contributed by atoms with Gasteiger partial charge in [-0.25, -0.2) is 4.68 Å². The van der Waals surface area contributed by atoms with E-state index in [0.717, 1.165) is 12.1 Å². The zero-order chi connectivity index (χ0) is 19.1. The molecular weight excluding hydrogens is 373 g/mol. The van der Waals surface area contributed by atoms with E-state index in [2.05, 4.69) is 5.10 Å². The Morgan fingerprint density at radius 2 is 1.84 bits per heavy atom. The molecule has 0 aliphatic rings. The number of alkyl halides is 3. The number of anilines is 1. The lowest BCUT2D eigenvalue weighted by Crippen LogP contribution is -2.14. The molecule has 1 heterocycles. The second kappa shape index (κ2) is 6.75. The number of aromatic nitrogens is 2. The lowest BCUT2D eigenvalue weighted by atomic mass is 10.0. The van der Waals surface area contributed by atoms with E-state index in [1.54, 1.807) is 6.92 Å². The number of nitrogen functional groups attached to an aromatic ring is 1. The van der Waals surface area contributed by atoms with E-state index < -0.39 is 22.5 Å².